The van der Waals surface area contributed by atoms with E-state index in [1.807, 2.05) is 26.0 Å². The number of aromatic nitrogens is 5. The summed E-state index contributed by atoms with van der Waals surface area (Å²) in [7, 11) is 0. The summed E-state index contributed by atoms with van der Waals surface area (Å²) in [5.41, 5.74) is 8.12. The molecular weight excluding hydrogens is 349 g/mol. The molecule has 0 atom stereocenters. The van der Waals surface area contributed by atoms with E-state index in [1.54, 1.807) is 12.1 Å². The Morgan fingerprint density at radius 1 is 1.12 bits per heavy atom. The molecule has 3 aromatic heterocycles. The zero-order valence-electron chi connectivity index (χ0n) is 12.7. The van der Waals surface area contributed by atoms with Crippen LogP contribution in [0, 0.1) is 25.2 Å². The molecule has 0 aromatic carbocycles. The first-order valence-corrected chi connectivity index (χ1v) is 7.60. The molecule has 0 spiro atoms. The Hall–Kier alpha value is -2.69. The Balaban J connectivity index is 2.31. The number of halogens is 2. The third kappa shape index (κ3) is 2.77. The predicted molar refractivity (Wildman–Crippen MR) is 91.0 cm³/mol. The lowest BCUT2D eigenvalue weighted by Gasteiger charge is -2.10. The van der Waals surface area contributed by atoms with Crippen molar-refractivity contribution in [3.63, 3.8) is 0 Å². The van der Waals surface area contributed by atoms with Crippen LogP contribution >= 0.6 is 23.2 Å². The maximum Gasteiger partial charge on any atom is 0.253 e. The van der Waals surface area contributed by atoms with Gasteiger partial charge in [-0.05, 0) is 32.0 Å². The number of nitrogen functional groups attached to an aromatic ring is 1. The lowest BCUT2D eigenvalue weighted by Crippen LogP contribution is -2.10. The molecule has 0 fully saturated rings. The summed E-state index contributed by atoms with van der Waals surface area (Å²) < 4.78 is 1.54. The molecular formula is C15H11Cl2N7. The Morgan fingerprint density at radius 3 is 2.50 bits per heavy atom. The van der Waals surface area contributed by atoms with Gasteiger partial charge in [0.1, 0.15) is 34.0 Å². The van der Waals surface area contributed by atoms with E-state index >= 15 is 0 Å². The van der Waals surface area contributed by atoms with Gasteiger partial charge in [-0.25, -0.2) is 14.6 Å². The number of hydrogen-bond donors (Lipinski definition) is 1. The SMILES string of the molecule is Cc1cc(C)n(-c2nc(N)c(C#N)c(-c3nc(Cl)ccc3Cl)n2)n1. The lowest BCUT2D eigenvalue weighted by molar-refractivity contribution is 0.776. The van der Waals surface area contributed by atoms with Gasteiger partial charge in [0.25, 0.3) is 5.95 Å². The van der Waals surface area contributed by atoms with Crippen LogP contribution in [0.1, 0.15) is 17.0 Å². The minimum absolute atomic E-state index is 0.0166. The van der Waals surface area contributed by atoms with Crippen LogP contribution in [0.25, 0.3) is 17.3 Å². The number of nitrogens with two attached hydrogens (primary N) is 1. The van der Waals surface area contributed by atoms with Gasteiger partial charge in [-0.15, -0.1) is 0 Å². The van der Waals surface area contributed by atoms with Gasteiger partial charge >= 0.3 is 0 Å². The number of rotatable bonds is 2. The molecule has 0 bridgehead atoms. The molecule has 24 heavy (non-hydrogen) atoms. The van der Waals surface area contributed by atoms with Crippen molar-refractivity contribution in [2.24, 2.45) is 0 Å². The molecule has 2 N–H and O–H groups in total. The average Bonchev–Trinajstić information content (AvgIpc) is 2.87. The fraction of sp³-hybridized carbons (Fsp3) is 0.133. The van der Waals surface area contributed by atoms with E-state index < -0.39 is 0 Å². The average molecular weight is 360 g/mol. The molecule has 7 nitrogen and oxygen atoms in total. The Labute approximate surface area is 147 Å². The van der Waals surface area contributed by atoms with Gasteiger partial charge in [-0.3, -0.25) is 0 Å². The highest BCUT2D eigenvalue weighted by Crippen LogP contribution is 2.30. The molecule has 0 unspecified atom stereocenters. The first kappa shape index (κ1) is 16.2. The molecule has 0 aliphatic heterocycles. The first-order chi connectivity index (χ1) is 11.4. The molecule has 0 saturated carbocycles. The molecule has 0 aliphatic rings. The van der Waals surface area contributed by atoms with E-state index in [0.29, 0.717) is 5.02 Å². The summed E-state index contributed by atoms with van der Waals surface area (Å²) in [4.78, 5) is 12.7. The molecule has 3 rings (SSSR count). The van der Waals surface area contributed by atoms with Crippen LogP contribution < -0.4 is 5.73 Å². The third-order valence-corrected chi connectivity index (χ3v) is 3.79. The monoisotopic (exact) mass is 359 g/mol. The molecule has 0 radical (unpaired) electrons. The van der Waals surface area contributed by atoms with Crippen LogP contribution in [0.15, 0.2) is 18.2 Å². The fourth-order valence-electron chi connectivity index (χ4n) is 2.26. The van der Waals surface area contributed by atoms with Crippen molar-refractivity contribution in [1.29, 1.82) is 5.26 Å². The predicted octanol–water partition coefficient (Wildman–Crippen LogP) is 3.10. The molecule has 3 aromatic rings. The molecule has 120 valence electrons. The van der Waals surface area contributed by atoms with E-state index in [0.717, 1.165) is 11.4 Å². The van der Waals surface area contributed by atoms with Gasteiger partial charge in [-0.2, -0.15) is 15.3 Å². The summed E-state index contributed by atoms with van der Waals surface area (Å²) in [5.74, 6) is 0.243. The van der Waals surface area contributed by atoms with Gasteiger partial charge in [0.2, 0.25) is 0 Å². The van der Waals surface area contributed by atoms with E-state index in [1.165, 1.54) is 4.68 Å². The van der Waals surface area contributed by atoms with Gasteiger partial charge in [0, 0.05) is 5.69 Å². The number of aryl methyl sites for hydroxylation is 2. The van der Waals surface area contributed by atoms with Crippen molar-refractivity contribution in [2.45, 2.75) is 13.8 Å². The second kappa shape index (κ2) is 6.07. The van der Waals surface area contributed by atoms with Crippen molar-refractivity contribution in [3.8, 4) is 23.4 Å². The maximum atomic E-state index is 9.40. The highest BCUT2D eigenvalue weighted by Gasteiger charge is 2.20. The molecule has 9 heteroatoms. The quantitative estimate of drug-likeness (QED) is 0.704. The van der Waals surface area contributed by atoms with Crippen LogP contribution in [0.3, 0.4) is 0 Å². The van der Waals surface area contributed by atoms with Gasteiger partial charge in [0.05, 0.1) is 10.7 Å². The minimum Gasteiger partial charge on any atom is -0.382 e. The summed E-state index contributed by atoms with van der Waals surface area (Å²) in [6.07, 6.45) is 0. The van der Waals surface area contributed by atoms with Crippen LogP contribution in [0.5, 0.6) is 0 Å². The number of pyridine rings is 1. The zero-order valence-corrected chi connectivity index (χ0v) is 14.3. The molecule has 0 aliphatic carbocycles. The molecule has 0 saturated heterocycles. The van der Waals surface area contributed by atoms with Crippen LogP contribution in [-0.4, -0.2) is 24.7 Å². The molecule has 3 heterocycles. The number of anilines is 1. The zero-order chi connectivity index (χ0) is 17.4. The van der Waals surface area contributed by atoms with Crippen LogP contribution in [0.2, 0.25) is 10.2 Å². The Bertz CT molecular complexity index is 988. The maximum absolute atomic E-state index is 9.40. The number of nitriles is 1. The Morgan fingerprint density at radius 2 is 1.88 bits per heavy atom. The van der Waals surface area contributed by atoms with E-state index in [4.69, 9.17) is 28.9 Å². The summed E-state index contributed by atoms with van der Waals surface area (Å²) >= 11 is 12.1. The Kier molecular flexibility index (Phi) is 4.09. The largest absolute Gasteiger partial charge is 0.382 e. The topological polar surface area (TPSA) is 106 Å². The van der Waals surface area contributed by atoms with Gasteiger partial charge in [-0.1, -0.05) is 23.2 Å². The second-order valence-electron chi connectivity index (χ2n) is 5.05. The normalized spacial score (nSPS) is 10.6. The van der Waals surface area contributed by atoms with Crippen molar-refractivity contribution in [1.82, 2.24) is 24.7 Å². The standard InChI is InChI=1S/C15H11Cl2N7/c1-7-5-8(2)24(23-7)15-21-12(9(6-18)14(19)22-15)13-10(16)3-4-11(17)20-13/h3-5H,1-2H3,(H2,19,21,22). The van der Waals surface area contributed by atoms with Crippen LogP contribution in [0.4, 0.5) is 5.82 Å². The van der Waals surface area contributed by atoms with Gasteiger partial charge < -0.3 is 5.73 Å². The van der Waals surface area contributed by atoms with Crippen molar-refractivity contribution >= 4 is 29.0 Å². The first-order valence-electron chi connectivity index (χ1n) is 6.84. The van der Waals surface area contributed by atoms with Crippen molar-refractivity contribution in [2.75, 3.05) is 5.73 Å². The smallest absolute Gasteiger partial charge is 0.253 e. The highest BCUT2D eigenvalue weighted by atomic mass is 35.5. The second-order valence-corrected chi connectivity index (χ2v) is 5.84. The van der Waals surface area contributed by atoms with Gasteiger partial charge in [0.15, 0.2) is 0 Å². The molecule has 0 amide bonds. The fourth-order valence-corrected chi connectivity index (χ4v) is 2.60. The summed E-state index contributed by atoms with van der Waals surface area (Å²) in [6.45, 7) is 3.72. The van der Waals surface area contributed by atoms with E-state index in [9.17, 15) is 5.26 Å². The van der Waals surface area contributed by atoms with E-state index in [2.05, 4.69) is 20.1 Å². The van der Waals surface area contributed by atoms with Crippen molar-refractivity contribution < 1.29 is 0 Å². The number of hydrogen-bond acceptors (Lipinski definition) is 6. The van der Waals surface area contributed by atoms with E-state index in [-0.39, 0.29) is 33.9 Å². The summed E-state index contributed by atoms with van der Waals surface area (Å²) in [6, 6.07) is 6.99. The van der Waals surface area contributed by atoms with Crippen molar-refractivity contribution in [3.05, 3.63) is 45.3 Å². The third-order valence-electron chi connectivity index (χ3n) is 3.27. The lowest BCUT2D eigenvalue weighted by atomic mass is 10.1. The number of nitrogens with zero attached hydrogens (tertiary/aromatic N) is 6. The highest BCUT2D eigenvalue weighted by molar-refractivity contribution is 6.34. The minimum atomic E-state index is 0.0166. The van der Waals surface area contributed by atoms with Crippen LogP contribution in [-0.2, 0) is 0 Å². The summed E-state index contributed by atoms with van der Waals surface area (Å²) in [5, 5.41) is 14.3.